The Kier molecular flexibility index (Phi) is 3.83. The molecule has 0 spiro atoms. The van der Waals surface area contributed by atoms with Crippen LogP contribution in [0.2, 0.25) is 0 Å². The van der Waals surface area contributed by atoms with Crippen molar-refractivity contribution in [3.8, 4) is 0 Å². The number of amides is 1. The highest BCUT2D eigenvalue weighted by Gasteiger charge is 2.38. The average Bonchev–Trinajstić information content (AvgIpc) is 2.84. The van der Waals surface area contributed by atoms with Crippen LogP contribution in [0.1, 0.15) is 36.7 Å². The third kappa shape index (κ3) is 2.51. The molecule has 1 amide bonds. The molecule has 0 N–H and O–H groups in total. The number of rotatable bonds is 2. The molecule has 3 heterocycles. The van der Waals surface area contributed by atoms with Gasteiger partial charge in [-0.25, -0.2) is 4.39 Å². The van der Waals surface area contributed by atoms with Crippen molar-refractivity contribution in [2.45, 2.75) is 38.3 Å². The fraction of sp³-hybridized carbons (Fsp3) is 0.526. The Balaban J connectivity index is 1.49. The van der Waals surface area contributed by atoms with Crippen LogP contribution < -0.4 is 0 Å². The number of halogens is 1. The molecule has 0 bridgehead atoms. The van der Waals surface area contributed by atoms with E-state index >= 15 is 0 Å². The molecule has 24 heavy (non-hydrogen) atoms. The number of hydrogen-bond acceptors (Lipinski definition) is 2. The Bertz CT molecular complexity index is 778. The highest BCUT2D eigenvalue weighted by atomic mass is 19.1. The smallest absolute Gasteiger partial charge is 0.270 e. The maximum absolute atomic E-state index is 13.4. The monoisotopic (exact) mass is 329 g/mol. The maximum Gasteiger partial charge on any atom is 0.270 e. The van der Waals surface area contributed by atoms with Crippen molar-refractivity contribution >= 4 is 16.8 Å². The van der Waals surface area contributed by atoms with Crippen LogP contribution in [0, 0.1) is 5.82 Å². The summed E-state index contributed by atoms with van der Waals surface area (Å²) in [6.07, 6.45) is 3.85. The lowest BCUT2D eigenvalue weighted by molar-refractivity contribution is 0.00165. The van der Waals surface area contributed by atoms with Crippen molar-refractivity contribution in [3.63, 3.8) is 0 Å². The van der Waals surface area contributed by atoms with Gasteiger partial charge in [0.25, 0.3) is 5.91 Å². The number of benzene rings is 1. The van der Waals surface area contributed by atoms with Crippen LogP contribution in [0.5, 0.6) is 0 Å². The lowest BCUT2D eigenvalue weighted by Gasteiger charge is -2.49. The lowest BCUT2D eigenvalue weighted by Crippen LogP contribution is -2.63. The summed E-state index contributed by atoms with van der Waals surface area (Å²) in [6.45, 7) is 5.06. The molecule has 1 aromatic heterocycles. The van der Waals surface area contributed by atoms with Gasteiger partial charge in [-0.05, 0) is 50.6 Å². The molecular weight excluding hydrogens is 305 g/mol. The number of carbonyl (C=O) groups excluding carboxylic acids is 1. The van der Waals surface area contributed by atoms with Crippen LogP contribution in [0.4, 0.5) is 4.39 Å². The van der Waals surface area contributed by atoms with Crippen LogP contribution in [-0.4, -0.2) is 52.0 Å². The molecule has 0 aliphatic carbocycles. The van der Waals surface area contributed by atoms with E-state index in [0.717, 1.165) is 30.5 Å². The first-order chi connectivity index (χ1) is 11.5. The van der Waals surface area contributed by atoms with Gasteiger partial charge in [-0.2, -0.15) is 0 Å². The summed E-state index contributed by atoms with van der Waals surface area (Å²) in [5.41, 5.74) is 1.53. The van der Waals surface area contributed by atoms with E-state index in [1.54, 1.807) is 12.1 Å². The SMILES string of the molecule is C[C@@H]1CCCCN1C1CN(C(=O)c2cc3cc(F)ccc3n2C)C1. The molecular formula is C19H24FN3O. The van der Waals surface area contributed by atoms with Crippen molar-refractivity contribution < 1.29 is 9.18 Å². The Hall–Kier alpha value is -1.88. The lowest BCUT2D eigenvalue weighted by atomic mass is 9.97. The number of aryl methyl sites for hydroxylation is 1. The van der Waals surface area contributed by atoms with Crippen LogP contribution in [0.25, 0.3) is 10.9 Å². The first-order valence-corrected chi connectivity index (χ1v) is 8.84. The maximum atomic E-state index is 13.4. The molecule has 1 atom stereocenters. The van der Waals surface area contributed by atoms with E-state index in [0.29, 0.717) is 17.8 Å². The summed E-state index contributed by atoms with van der Waals surface area (Å²) in [5, 5.41) is 0.780. The van der Waals surface area contributed by atoms with Gasteiger partial charge in [0, 0.05) is 43.1 Å². The number of aromatic nitrogens is 1. The van der Waals surface area contributed by atoms with Gasteiger partial charge >= 0.3 is 0 Å². The van der Waals surface area contributed by atoms with E-state index in [1.165, 1.54) is 31.4 Å². The first kappa shape index (κ1) is 15.6. The second kappa shape index (κ2) is 5.88. The molecule has 2 aliphatic rings. The number of fused-ring (bicyclic) bond motifs is 1. The van der Waals surface area contributed by atoms with Gasteiger partial charge in [-0.15, -0.1) is 0 Å². The van der Waals surface area contributed by atoms with Crippen LogP contribution in [0.15, 0.2) is 24.3 Å². The molecule has 4 nitrogen and oxygen atoms in total. The predicted molar refractivity (Wildman–Crippen MR) is 92.6 cm³/mol. The summed E-state index contributed by atoms with van der Waals surface area (Å²) >= 11 is 0. The van der Waals surface area contributed by atoms with Gasteiger partial charge in [-0.1, -0.05) is 6.42 Å². The van der Waals surface area contributed by atoms with Gasteiger partial charge in [0.05, 0.1) is 0 Å². The molecule has 0 radical (unpaired) electrons. The zero-order valence-corrected chi connectivity index (χ0v) is 14.3. The molecule has 4 rings (SSSR count). The number of piperidine rings is 1. The predicted octanol–water partition coefficient (Wildman–Crippen LogP) is 3.02. The van der Waals surface area contributed by atoms with E-state index in [1.807, 2.05) is 16.5 Å². The summed E-state index contributed by atoms with van der Waals surface area (Å²) in [4.78, 5) is 17.3. The summed E-state index contributed by atoms with van der Waals surface area (Å²) < 4.78 is 15.3. The van der Waals surface area contributed by atoms with Crippen LogP contribution in [0.3, 0.4) is 0 Å². The largest absolute Gasteiger partial charge is 0.340 e. The van der Waals surface area contributed by atoms with E-state index in [9.17, 15) is 9.18 Å². The summed E-state index contributed by atoms with van der Waals surface area (Å²) in [6, 6.07) is 7.58. The molecule has 2 fully saturated rings. The Morgan fingerprint density at radius 3 is 2.75 bits per heavy atom. The second-order valence-corrected chi connectivity index (χ2v) is 7.24. The van der Waals surface area contributed by atoms with Crippen molar-refractivity contribution in [2.24, 2.45) is 7.05 Å². The van der Waals surface area contributed by atoms with Gasteiger partial charge in [0.2, 0.25) is 0 Å². The van der Waals surface area contributed by atoms with Crippen molar-refractivity contribution in [3.05, 3.63) is 35.8 Å². The average molecular weight is 329 g/mol. The van der Waals surface area contributed by atoms with Crippen LogP contribution >= 0.6 is 0 Å². The number of nitrogens with zero attached hydrogens (tertiary/aromatic N) is 3. The Morgan fingerprint density at radius 2 is 2.00 bits per heavy atom. The number of carbonyl (C=O) groups is 1. The van der Waals surface area contributed by atoms with Gasteiger partial charge < -0.3 is 9.47 Å². The van der Waals surface area contributed by atoms with E-state index < -0.39 is 0 Å². The molecule has 0 saturated carbocycles. The van der Waals surface area contributed by atoms with Crippen molar-refractivity contribution in [2.75, 3.05) is 19.6 Å². The van der Waals surface area contributed by atoms with Crippen LogP contribution in [-0.2, 0) is 7.05 Å². The Labute approximate surface area is 141 Å². The fourth-order valence-corrected chi connectivity index (χ4v) is 4.18. The molecule has 0 unspecified atom stereocenters. The second-order valence-electron chi connectivity index (χ2n) is 7.24. The minimum absolute atomic E-state index is 0.0509. The van der Waals surface area contributed by atoms with E-state index in [2.05, 4.69) is 11.8 Å². The minimum Gasteiger partial charge on any atom is -0.340 e. The van der Waals surface area contributed by atoms with Gasteiger partial charge in [0.1, 0.15) is 11.5 Å². The normalized spacial score (nSPS) is 22.8. The minimum atomic E-state index is -0.268. The standard InChI is InChI=1S/C19H24FN3O/c1-13-5-3-4-8-23(13)16-11-22(12-16)19(24)18-10-14-9-15(20)6-7-17(14)21(18)2/h6-7,9-10,13,16H,3-5,8,11-12H2,1-2H3/t13-/m1/s1. The zero-order valence-electron chi connectivity index (χ0n) is 14.3. The number of hydrogen-bond donors (Lipinski definition) is 0. The van der Waals surface area contributed by atoms with E-state index in [-0.39, 0.29) is 11.7 Å². The van der Waals surface area contributed by atoms with Gasteiger partial charge in [-0.3, -0.25) is 9.69 Å². The van der Waals surface area contributed by atoms with E-state index in [4.69, 9.17) is 0 Å². The first-order valence-electron chi connectivity index (χ1n) is 8.84. The zero-order chi connectivity index (χ0) is 16.8. The summed E-state index contributed by atoms with van der Waals surface area (Å²) in [5.74, 6) is -0.217. The third-order valence-corrected chi connectivity index (χ3v) is 5.70. The Morgan fingerprint density at radius 1 is 1.21 bits per heavy atom. The molecule has 2 saturated heterocycles. The molecule has 2 aromatic rings. The number of likely N-dealkylation sites (tertiary alicyclic amines) is 2. The van der Waals surface area contributed by atoms with Crippen molar-refractivity contribution in [1.29, 1.82) is 0 Å². The highest BCUT2D eigenvalue weighted by Crippen LogP contribution is 2.27. The van der Waals surface area contributed by atoms with Gasteiger partial charge in [0.15, 0.2) is 0 Å². The molecule has 1 aromatic carbocycles. The molecule has 5 heteroatoms. The highest BCUT2D eigenvalue weighted by molar-refractivity contribution is 5.99. The van der Waals surface area contributed by atoms with Crippen molar-refractivity contribution in [1.82, 2.24) is 14.4 Å². The molecule has 128 valence electrons. The quantitative estimate of drug-likeness (QED) is 0.847. The topological polar surface area (TPSA) is 28.5 Å². The summed E-state index contributed by atoms with van der Waals surface area (Å²) in [7, 11) is 1.87. The fourth-order valence-electron chi connectivity index (χ4n) is 4.18. The molecule has 2 aliphatic heterocycles. The third-order valence-electron chi connectivity index (χ3n) is 5.70.